The summed E-state index contributed by atoms with van der Waals surface area (Å²) in [6.45, 7) is 2.92. The fraction of sp³-hybridized carbons (Fsp3) is 0.357. The van der Waals surface area contributed by atoms with Gasteiger partial charge in [0.05, 0.1) is 6.04 Å². The summed E-state index contributed by atoms with van der Waals surface area (Å²) in [6, 6.07) is 10.8. The third-order valence-electron chi connectivity index (χ3n) is 2.85. The molecule has 2 atom stereocenters. The fourth-order valence-corrected chi connectivity index (χ4v) is 2.52. The topological polar surface area (TPSA) is 50.9 Å². The smallest absolute Gasteiger partial charge is 0.109 e. The molecule has 0 saturated carbocycles. The first-order valence-corrected chi connectivity index (χ1v) is 7.06. The molecule has 3 nitrogen and oxygen atoms in total. The van der Waals surface area contributed by atoms with Crippen molar-refractivity contribution in [2.24, 2.45) is 5.73 Å². The molecule has 0 aliphatic carbocycles. The van der Waals surface area contributed by atoms with Gasteiger partial charge in [-0.05, 0) is 18.9 Å². The number of hydrogen-bond donors (Lipinski definition) is 2. The first-order valence-electron chi connectivity index (χ1n) is 6.18. The quantitative estimate of drug-likeness (QED) is 0.839. The molecular formula is C14H19N3S. The Hall–Kier alpha value is -1.23. The van der Waals surface area contributed by atoms with Crippen LogP contribution in [0.25, 0.3) is 0 Å². The second-order valence-electron chi connectivity index (χ2n) is 4.45. The highest BCUT2D eigenvalue weighted by atomic mass is 32.1. The fourth-order valence-electron chi connectivity index (χ4n) is 1.85. The van der Waals surface area contributed by atoms with Crippen LogP contribution < -0.4 is 11.1 Å². The van der Waals surface area contributed by atoms with Gasteiger partial charge in [0, 0.05) is 24.2 Å². The minimum absolute atomic E-state index is 0.134. The Balaban J connectivity index is 1.77. The van der Waals surface area contributed by atoms with E-state index in [1.807, 2.05) is 29.8 Å². The van der Waals surface area contributed by atoms with E-state index in [0.717, 1.165) is 18.0 Å². The van der Waals surface area contributed by atoms with Crippen molar-refractivity contribution < 1.29 is 0 Å². The summed E-state index contributed by atoms with van der Waals surface area (Å²) >= 11 is 1.67. The van der Waals surface area contributed by atoms with Gasteiger partial charge >= 0.3 is 0 Å². The third-order valence-corrected chi connectivity index (χ3v) is 3.81. The lowest BCUT2D eigenvalue weighted by molar-refractivity contribution is 0.512. The summed E-state index contributed by atoms with van der Waals surface area (Å²) in [7, 11) is 0. The monoisotopic (exact) mass is 261 g/mol. The van der Waals surface area contributed by atoms with Crippen molar-refractivity contribution in [1.82, 2.24) is 10.3 Å². The Kier molecular flexibility index (Phi) is 4.87. The Morgan fingerprint density at radius 2 is 2.11 bits per heavy atom. The number of benzene rings is 1. The Bertz CT molecular complexity index is 441. The molecule has 0 bridgehead atoms. The van der Waals surface area contributed by atoms with Gasteiger partial charge in [0.25, 0.3) is 0 Å². The molecule has 2 rings (SSSR count). The van der Waals surface area contributed by atoms with Crippen molar-refractivity contribution in [1.29, 1.82) is 0 Å². The highest BCUT2D eigenvalue weighted by Crippen LogP contribution is 2.14. The number of nitrogens with two attached hydrogens (primary N) is 1. The van der Waals surface area contributed by atoms with Crippen molar-refractivity contribution in [3.05, 3.63) is 52.5 Å². The van der Waals surface area contributed by atoms with E-state index < -0.39 is 0 Å². The average Bonchev–Trinajstić information content (AvgIpc) is 2.91. The molecule has 0 aliphatic rings. The van der Waals surface area contributed by atoms with Crippen LogP contribution in [-0.2, 0) is 6.42 Å². The number of hydrogen-bond acceptors (Lipinski definition) is 4. The summed E-state index contributed by atoms with van der Waals surface area (Å²) in [5, 5.41) is 6.54. The molecule has 2 unspecified atom stereocenters. The highest BCUT2D eigenvalue weighted by Gasteiger charge is 2.10. The minimum atomic E-state index is 0.134. The van der Waals surface area contributed by atoms with Gasteiger partial charge < -0.3 is 11.1 Å². The van der Waals surface area contributed by atoms with Gasteiger partial charge in [-0.3, -0.25) is 0 Å². The van der Waals surface area contributed by atoms with Crippen LogP contribution in [0.4, 0.5) is 0 Å². The van der Waals surface area contributed by atoms with Crippen LogP contribution in [0.5, 0.6) is 0 Å². The van der Waals surface area contributed by atoms with E-state index >= 15 is 0 Å². The Labute approximate surface area is 112 Å². The second-order valence-corrected chi connectivity index (χ2v) is 5.38. The zero-order valence-electron chi connectivity index (χ0n) is 10.5. The number of thiazole rings is 1. The van der Waals surface area contributed by atoms with E-state index in [4.69, 9.17) is 5.73 Å². The van der Waals surface area contributed by atoms with Crippen LogP contribution in [0.1, 0.15) is 23.5 Å². The summed E-state index contributed by atoms with van der Waals surface area (Å²) in [6.07, 6.45) is 2.74. The van der Waals surface area contributed by atoms with Crippen molar-refractivity contribution in [3.63, 3.8) is 0 Å². The van der Waals surface area contributed by atoms with Crippen LogP contribution in [0, 0.1) is 0 Å². The maximum atomic E-state index is 6.13. The molecule has 1 heterocycles. The van der Waals surface area contributed by atoms with E-state index in [9.17, 15) is 0 Å². The molecule has 1 aromatic carbocycles. The first-order chi connectivity index (χ1) is 8.75. The molecule has 3 N–H and O–H groups in total. The number of nitrogens with one attached hydrogen (secondary N) is 1. The van der Waals surface area contributed by atoms with Crippen molar-refractivity contribution >= 4 is 11.3 Å². The third kappa shape index (κ3) is 3.91. The van der Waals surface area contributed by atoms with Gasteiger partial charge in [-0.15, -0.1) is 11.3 Å². The largest absolute Gasteiger partial charge is 0.326 e. The predicted octanol–water partition coefficient (Wildman–Crippen LogP) is 2.36. The van der Waals surface area contributed by atoms with E-state index in [0.29, 0.717) is 0 Å². The molecule has 1 aromatic heterocycles. The van der Waals surface area contributed by atoms with Crippen LogP contribution in [0.2, 0.25) is 0 Å². The lowest BCUT2D eigenvalue weighted by Gasteiger charge is -2.16. The molecule has 0 saturated heterocycles. The lowest BCUT2D eigenvalue weighted by atomic mass is 10.1. The van der Waals surface area contributed by atoms with Gasteiger partial charge in [-0.2, -0.15) is 0 Å². The van der Waals surface area contributed by atoms with Crippen molar-refractivity contribution in [3.8, 4) is 0 Å². The van der Waals surface area contributed by atoms with Crippen molar-refractivity contribution in [2.75, 3.05) is 6.54 Å². The molecule has 18 heavy (non-hydrogen) atoms. The Morgan fingerprint density at radius 1 is 1.33 bits per heavy atom. The van der Waals surface area contributed by atoms with Gasteiger partial charge in [0.2, 0.25) is 0 Å². The predicted molar refractivity (Wildman–Crippen MR) is 76.7 cm³/mol. The van der Waals surface area contributed by atoms with Crippen LogP contribution in [-0.4, -0.2) is 17.6 Å². The maximum absolute atomic E-state index is 6.13. The number of nitrogens with zero attached hydrogens (tertiary/aromatic N) is 1. The first kappa shape index (κ1) is 13.2. The van der Waals surface area contributed by atoms with Crippen molar-refractivity contribution in [2.45, 2.75) is 25.4 Å². The van der Waals surface area contributed by atoms with E-state index in [2.05, 4.69) is 29.4 Å². The lowest BCUT2D eigenvalue weighted by Crippen LogP contribution is -2.36. The molecule has 0 radical (unpaired) electrons. The molecule has 0 fully saturated rings. The van der Waals surface area contributed by atoms with E-state index in [1.165, 1.54) is 5.56 Å². The SMILES string of the molecule is CC(NCC(N)Cc1ccccc1)c1nccs1. The maximum Gasteiger partial charge on any atom is 0.109 e. The normalized spacial score (nSPS) is 14.3. The standard InChI is InChI=1S/C14H19N3S/c1-11(14-16-7-8-18-14)17-10-13(15)9-12-5-3-2-4-6-12/h2-8,11,13,17H,9-10,15H2,1H3. The van der Waals surface area contributed by atoms with Gasteiger partial charge in [-0.25, -0.2) is 4.98 Å². The number of rotatable bonds is 6. The van der Waals surface area contributed by atoms with Gasteiger partial charge in [0.15, 0.2) is 0 Å². The molecule has 4 heteroatoms. The zero-order valence-corrected chi connectivity index (χ0v) is 11.4. The molecule has 0 aliphatic heterocycles. The van der Waals surface area contributed by atoms with Gasteiger partial charge in [0.1, 0.15) is 5.01 Å². The Morgan fingerprint density at radius 3 is 2.78 bits per heavy atom. The van der Waals surface area contributed by atoms with Crippen LogP contribution in [0.3, 0.4) is 0 Å². The summed E-state index contributed by atoms with van der Waals surface area (Å²) in [5.41, 5.74) is 7.41. The highest BCUT2D eigenvalue weighted by molar-refractivity contribution is 7.09. The second kappa shape index (κ2) is 6.64. The van der Waals surface area contributed by atoms with E-state index in [-0.39, 0.29) is 12.1 Å². The summed E-state index contributed by atoms with van der Waals surface area (Å²) < 4.78 is 0. The molecule has 0 amide bonds. The van der Waals surface area contributed by atoms with E-state index in [1.54, 1.807) is 11.3 Å². The van der Waals surface area contributed by atoms with Gasteiger partial charge in [-0.1, -0.05) is 30.3 Å². The molecule has 0 spiro atoms. The van der Waals surface area contributed by atoms with Crippen LogP contribution >= 0.6 is 11.3 Å². The minimum Gasteiger partial charge on any atom is -0.326 e. The molecule has 2 aromatic rings. The number of aromatic nitrogens is 1. The summed E-state index contributed by atoms with van der Waals surface area (Å²) in [5.74, 6) is 0. The molecular weight excluding hydrogens is 242 g/mol. The molecule has 96 valence electrons. The average molecular weight is 261 g/mol. The zero-order chi connectivity index (χ0) is 12.8. The van der Waals surface area contributed by atoms with Crippen LogP contribution in [0.15, 0.2) is 41.9 Å². The summed E-state index contributed by atoms with van der Waals surface area (Å²) in [4.78, 5) is 4.29.